The van der Waals surface area contributed by atoms with Crippen LogP contribution in [0.25, 0.3) is 0 Å². The van der Waals surface area contributed by atoms with E-state index in [1.165, 1.54) is 6.07 Å². The van der Waals surface area contributed by atoms with E-state index in [4.69, 9.17) is 4.74 Å². The molecule has 1 aliphatic rings. The summed E-state index contributed by atoms with van der Waals surface area (Å²) in [5.74, 6) is 0. The number of rotatable bonds is 5. The van der Waals surface area contributed by atoms with Gasteiger partial charge in [-0.25, -0.2) is 0 Å². The van der Waals surface area contributed by atoms with Gasteiger partial charge in [0.25, 0.3) is 5.69 Å². The number of nitro benzene ring substituents is 1. The summed E-state index contributed by atoms with van der Waals surface area (Å²) < 4.78 is 5.37. The zero-order chi connectivity index (χ0) is 13.7. The monoisotopic (exact) mass is 264 g/mol. The van der Waals surface area contributed by atoms with Crippen molar-refractivity contribution in [1.29, 1.82) is 0 Å². The molecule has 0 aliphatic carbocycles. The molecule has 19 heavy (non-hydrogen) atoms. The molecule has 1 aliphatic heterocycles. The predicted octanol–water partition coefficient (Wildman–Crippen LogP) is 2.50. The summed E-state index contributed by atoms with van der Waals surface area (Å²) in [6.07, 6.45) is 2.13. The number of nitro groups is 1. The fourth-order valence-corrected chi connectivity index (χ4v) is 2.33. The highest BCUT2D eigenvalue weighted by Crippen LogP contribution is 2.28. The molecule has 0 atom stereocenters. The van der Waals surface area contributed by atoms with Gasteiger partial charge in [0.15, 0.2) is 0 Å². The van der Waals surface area contributed by atoms with Crippen LogP contribution in [-0.4, -0.2) is 24.7 Å². The Bertz CT molecular complexity index is 442. The van der Waals surface area contributed by atoms with Crippen LogP contribution in [-0.2, 0) is 11.3 Å². The summed E-state index contributed by atoms with van der Waals surface area (Å²) >= 11 is 0. The maximum absolute atomic E-state index is 10.7. The zero-order valence-electron chi connectivity index (χ0n) is 11.2. The normalized spacial score (nSPS) is 18.2. The molecule has 0 bridgehead atoms. The lowest BCUT2D eigenvalue weighted by atomic mass is 9.82. The molecule has 0 amide bonds. The summed E-state index contributed by atoms with van der Waals surface area (Å²) in [5, 5.41) is 14.1. The molecule has 0 radical (unpaired) electrons. The largest absolute Gasteiger partial charge is 0.381 e. The van der Waals surface area contributed by atoms with E-state index in [-0.39, 0.29) is 16.0 Å². The smallest absolute Gasteiger partial charge is 0.269 e. The first-order chi connectivity index (χ1) is 9.09. The highest BCUT2D eigenvalue weighted by Gasteiger charge is 2.26. The lowest BCUT2D eigenvalue weighted by Gasteiger charge is -2.33. The van der Waals surface area contributed by atoms with Crippen LogP contribution in [0.2, 0.25) is 0 Å². The van der Waals surface area contributed by atoms with Crippen molar-refractivity contribution < 1.29 is 9.66 Å². The summed E-state index contributed by atoms with van der Waals surface area (Å²) in [6, 6.07) is 6.78. The number of hydrogen-bond donors (Lipinski definition) is 1. The Labute approximate surface area is 113 Å². The molecule has 0 spiro atoms. The Morgan fingerprint density at radius 1 is 1.42 bits per heavy atom. The third-order valence-electron chi connectivity index (χ3n) is 3.70. The average Bonchev–Trinajstić information content (AvgIpc) is 2.39. The molecule has 0 unspecified atom stereocenters. The van der Waals surface area contributed by atoms with E-state index < -0.39 is 0 Å². The van der Waals surface area contributed by atoms with Crippen LogP contribution in [0.1, 0.15) is 25.3 Å². The van der Waals surface area contributed by atoms with Crippen molar-refractivity contribution in [1.82, 2.24) is 5.32 Å². The molecule has 5 heteroatoms. The number of benzene rings is 1. The van der Waals surface area contributed by atoms with E-state index in [2.05, 4.69) is 12.2 Å². The van der Waals surface area contributed by atoms with Gasteiger partial charge < -0.3 is 10.1 Å². The third-order valence-corrected chi connectivity index (χ3v) is 3.70. The van der Waals surface area contributed by atoms with Crippen molar-refractivity contribution in [3.05, 3.63) is 39.9 Å². The molecule has 0 saturated carbocycles. The number of nitrogens with one attached hydrogen (secondary N) is 1. The Kier molecular flexibility index (Phi) is 4.50. The Morgan fingerprint density at radius 2 is 2.16 bits per heavy atom. The molecular weight excluding hydrogens is 244 g/mol. The van der Waals surface area contributed by atoms with Crippen molar-refractivity contribution in [3.8, 4) is 0 Å². The van der Waals surface area contributed by atoms with Gasteiger partial charge in [-0.2, -0.15) is 0 Å². The third kappa shape index (κ3) is 4.01. The van der Waals surface area contributed by atoms with Crippen LogP contribution in [0.15, 0.2) is 24.3 Å². The molecule has 1 fully saturated rings. The maximum atomic E-state index is 10.7. The summed E-state index contributed by atoms with van der Waals surface area (Å²) in [4.78, 5) is 10.3. The fourth-order valence-electron chi connectivity index (χ4n) is 2.33. The molecule has 0 aromatic heterocycles. The molecule has 1 aromatic carbocycles. The SMILES string of the molecule is CC1(CNCc2cccc([N+](=O)[O-])c2)CCOCC1. The van der Waals surface area contributed by atoms with Gasteiger partial charge in [0.2, 0.25) is 0 Å². The van der Waals surface area contributed by atoms with Gasteiger partial charge in [-0.3, -0.25) is 10.1 Å². The van der Waals surface area contributed by atoms with Crippen LogP contribution in [0.4, 0.5) is 5.69 Å². The molecule has 5 nitrogen and oxygen atoms in total. The minimum atomic E-state index is -0.358. The molecule has 1 N–H and O–H groups in total. The van der Waals surface area contributed by atoms with Crippen molar-refractivity contribution in [3.63, 3.8) is 0 Å². The number of nitrogens with zero attached hydrogens (tertiary/aromatic N) is 1. The van der Waals surface area contributed by atoms with Gasteiger partial charge >= 0.3 is 0 Å². The van der Waals surface area contributed by atoms with E-state index in [0.717, 1.165) is 38.2 Å². The second-order valence-corrected chi connectivity index (χ2v) is 5.45. The van der Waals surface area contributed by atoms with E-state index in [1.807, 2.05) is 6.07 Å². The van der Waals surface area contributed by atoms with E-state index in [0.29, 0.717) is 6.54 Å². The van der Waals surface area contributed by atoms with Crippen molar-refractivity contribution in [2.75, 3.05) is 19.8 Å². The zero-order valence-corrected chi connectivity index (χ0v) is 11.2. The van der Waals surface area contributed by atoms with Crippen molar-refractivity contribution in [2.24, 2.45) is 5.41 Å². The molecular formula is C14H20N2O3. The summed E-state index contributed by atoms with van der Waals surface area (Å²) in [7, 11) is 0. The molecule has 2 rings (SSSR count). The first kappa shape index (κ1) is 14.0. The highest BCUT2D eigenvalue weighted by atomic mass is 16.6. The van der Waals surface area contributed by atoms with E-state index >= 15 is 0 Å². The Morgan fingerprint density at radius 3 is 2.84 bits per heavy atom. The molecule has 104 valence electrons. The second kappa shape index (κ2) is 6.12. The minimum absolute atomic E-state index is 0.150. The minimum Gasteiger partial charge on any atom is -0.381 e. The summed E-state index contributed by atoms with van der Waals surface area (Å²) in [6.45, 7) is 5.50. The highest BCUT2D eigenvalue weighted by molar-refractivity contribution is 5.34. The van der Waals surface area contributed by atoms with E-state index in [1.54, 1.807) is 12.1 Å². The topological polar surface area (TPSA) is 64.4 Å². The molecule has 1 aromatic rings. The molecule has 1 heterocycles. The van der Waals surface area contributed by atoms with Crippen LogP contribution in [0, 0.1) is 15.5 Å². The second-order valence-electron chi connectivity index (χ2n) is 5.45. The number of hydrogen-bond acceptors (Lipinski definition) is 4. The van der Waals surface area contributed by atoms with Crippen molar-refractivity contribution in [2.45, 2.75) is 26.3 Å². The molecule has 1 saturated heterocycles. The van der Waals surface area contributed by atoms with Gasteiger partial charge in [-0.15, -0.1) is 0 Å². The van der Waals surface area contributed by atoms with Gasteiger partial charge in [-0.1, -0.05) is 19.1 Å². The van der Waals surface area contributed by atoms with Crippen LogP contribution in [0.3, 0.4) is 0 Å². The maximum Gasteiger partial charge on any atom is 0.269 e. The van der Waals surface area contributed by atoms with E-state index in [9.17, 15) is 10.1 Å². The van der Waals surface area contributed by atoms with Crippen molar-refractivity contribution >= 4 is 5.69 Å². The lowest BCUT2D eigenvalue weighted by Crippen LogP contribution is -2.36. The summed E-state index contributed by atoms with van der Waals surface area (Å²) in [5.41, 5.74) is 1.38. The lowest BCUT2D eigenvalue weighted by molar-refractivity contribution is -0.384. The van der Waals surface area contributed by atoms with Gasteiger partial charge in [0.1, 0.15) is 0 Å². The standard InChI is InChI=1S/C14H20N2O3/c1-14(5-7-19-8-6-14)11-15-10-12-3-2-4-13(9-12)16(17)18/h2-4,9,15H,5-8,10-11H2,1H3. The predicted molar refractivity (Wildman–Crippen MR) is 73.0 cm³/mol. The first-order valence-electron chi connectivity index (χ1n) is 6.61. The van der Waals surface area contributed by atoms with Gasteiger partial charge in [0.05, 0.1) is 4.92 Å². The first-order valence-corrected chi connectivity index (χ1v) is 6.61. The Balaban J connectivity index is 1.85. The van der Waals surface area contributed by atoms with Gasteiger partial charge in [0, 0.05) is 38.4 Å². The number of non-ortho nitro benzene ring substituents is 1. The van der Waals surface area contributed by atoms with Crippen LogP contribution in [0.5, 0.6) is 0 Å². The Hall–Kier alpha value is -1.46. The quantitative estimate of drug-likeness (QED) is 0.655. The average molecular weight is 264 g/mol. The van der Waals surface area contributed by atoms with Gasteiger partial charge in [-0.05, 0) is 23.8 Å². The fraction of sp³-hybridized carbons (Fsp3) is 0.571. The number of ether oxygens (including phenoxy) is 1. The van der Waals surface area contributed by atoms with Crippen LogP contribution < -0.4 is 5.32 Å². The van der Waals surface area contributed by atoms with Crippen LogP contribution >= 0.6 is 0 Å².